The summed E-state index contributed by atoms with van der Waals surface area (Å²) >= 11 is 0. The van der Waals surface area contributed by atoms with E-state index in [4.69, 9.17) is 5.21 Å². The molecule has 0 radical (unpaired) electrons. The summed E-state index contributed by atoms with van der Waals surface area (Å²) in [5.41, 5.74) is 0.752. The lowest BCUT2D eigenvalue weighted by molar-refractivity contribution is -0.333. The minimum atomic E-state index is -4.98. The molecule has 0 saturated heterocycles. The Bertz CT molecular complexity index is 513. The monoisotopic (exact) mass is 261 g/mol. The molecule has 18 heavy (non-hydrogen) atoms. The topological polar surface area (TPSA) is 62.1 Å². The average Bonchev–Trinajstić information content (AvgIpc) is 2.27. The first-order valence-corrected chi connectivity index (χ1v) is 5.07. The third-order valence-electron chi connectivity index (χ3n) is 2.70. The van der Waals surface area contributed by atoms with Crippen LogP contribution in [0, 0.1) is 6.92 Å². The number of fused-ring (bicyclic) bond motifs is 1. The fourth-order valence-electron chi connectivity index (χ4n) is 1.75. The Morgan fingerprint density at radius 2 is 2.06 bits per heavy atom. The zero-order chi connectivity index (χ0) is 13.6. The fourth-order valence-corrected chi connectivity index (χ4v) is 1.75. The Hall–Kier alpha value is -1.76. The molecule has 0 aromatic heterocycles. The molecule has 2 N–H and O–H groups in total. The molecule has 1 heterocycles. The van der Waals surface area contributed by atoms with Crippen LogP contribution < -0.4 is 4.74 Å². The highest BCUT2D eigenvalue weighted by Crippen LogP contribution is 2.41. The van der Waals surface area contributed by atoms with Crippen LogP contribution in [-0.4, -0.2) is 28.0 Å². The lowest BCUT2D eigenvalue weighted by Gasteiger charge is -2.35. The normalized spacial score (nSPS) is 25.7. The molecule has 0 saturated carbocycles. The molecule has 0 fully saturated rings. The molecular weight excluding hydrogens is 251 g/mol. The van der Waals surface area contributed by atoms with E-state index in [1.807, 2.05) is 0 Å². The third-order valence-corrected chi connectivity index (χ3v) is 2.70. The molecule has 4 nitrogen and oxygen atoms in total. The molecule has 0 unspecified atom stereocenters. The zero-order valence-corrected chi connectivity index (χ0v) is 9.32. The van der Waals surface area contributed by atoms with Crippen molar-refractivity contribution in [1.82, 2.24) is 0 Å². The van der Waals surface area contributed by atoms with Gasteiger partial charge in [0, 0.05) is 5.56 Å². The lowest BCUT2D eigenvalue weighted by atomic mass is 9.96. The predicted molar refractivity (Wildman–Crippen MR) is 55.8 cm³/mol. The highest BCUT2D eigenvalue weighted by Gasteiger charge is 2.59. The number of oxime groups is 1. The summed E-state index contributed by atoms with van der Waals surface area (Å²) in [5.74, 6) is -3.53. The fraction of sp³-hybridized carbons (Fsp3) is 0.364. The number of halogens is 3. The Morgan fingerprint density at radius 1 is 1.39 bits per heavy atom. The average molecular weight is 261 g/mol. The number of hydrogen-bond donors (Lipinski definition) is 2. The van der Waals surface area contributed by atoms with Crippen molar-refractivity contribution in [3.05, 3.63) is 29.3 Å². The van der Waals surface area contributed by atoms with Crippen LogP contribution >= 0.6 is 0 Å². The SMILES string of the molecule is Cc1ccc2c(c1)/C(=N\O)C[C@](O)(C(F)(F)F)O2. The van der Waals surface area contributed by atoms with Gasteiger partial charge in [0.15, 0.2) is 0 Å². The van der Waals surface area contributed by atoms with E-state index in [0.717, 1.165) is 5.56 Å². The van der Waals surface area contributed by atoms with E-state index in [0.29, 0.717) is 0 Å². The molecule has 1 aromatic rings. The van der Waals surface area contributed by atoms with Gasteiger partial charge in [-0.15, -0.1) is 0 Å². The van der Waals surface area contributed by atoms with Gasteiger partial charge in [-0.1, -0.05) is 16.8 Å². The maximum atomic E-state index is 12.7. The summed E-state index contributed by atoms with van der Waals surface area (Å²) in [6.45, 7) is 1.74. The smallest absolute Gasteiger partial charge is 0.452 e. The molecule has 0 spiro atoms. The second-order valence-corrected chi connectivity index (χ2v) is 4.11. The quantitative estimate of drug-likeness (QED) is 0.556. The van der Waals surface area contributed by atoms with Gasteiger partial charge in [-0.05, 0) is 19.1 Å². The van der Waals surface area contributed by atoms with Crippen molar-refractivity contribution in [3.63, 3.8) is 0 Å². The maximum Gasteiger partial charge on any atom is 0.455 e. The number of aliphatic hydroxyl groups is 1. The number of rotatable bonds is 0. The molecule has 98 valence electrons. The molecule has 1 atom stereocenters. The molecule has 7 heteroatoms. The second kappa shape index (κ2) is 3.88. The molecule has 1 aliphatic heterocycles. The van der Waals surface area contributed by atoms with Crippen molar-refractivity contribution in [3.8, 4) is 5.75 Å². The van der Waals surface area contributed by atoms with Crippen molar-refractivity contribution in [2.75, 3.05) is 0 Å². The Labute approximate surface area is 100 Å². The first kappa shape index (κ1) is 12.7. The summed E-state index contributed by atoms with van der Waals surface area (Å²) in [5, 5.41) is 21.1. The van der Waals surface area contributed by atoms with E-state index in [-0.39, 0.29) is 17.0 Å². The number of benzene rings is 1. The van der Waals surface area contributed by atoms with Gasteiger partial charge >= 0.3 is 12.0 Å². The summed E-state index contributed by atoms with van der Waals surface area (Å²) < 4.78 is 42.7. The summed E-state index contributed by atoms with van der Waals surface area (Å²) in [6, 6.07) is 4.36. The highest BCUT2D eigenvalue weighted by molar-refractivity contribution is 6.04. The first-order chi connectivity index (χ1) is 8.27. The standard InChI is InChI=1S/C11H10F3NO3/c1-6-2-3-9-7(4-6)8(15-17)5-10(16,18-9)11(12,13)14/h2-4,16-17H,5H2,1H3/b15-8-/t10-/m1/s1. The summed E-state index contributed by atoms with van der Waals surface area (Å²) in [6.07, 6.45) is -5.94. The molecule has 0 bridgehead atoms. The van der Waals surface area contributed by atoms with Gasteiger partial charge in [0.25, 0.3) is 0 Å². The van der Waals surface area contributed by atoms with Crippen molar-refractivity contribution >= 4 is 5.71 Å². The van der Waals surface area contributed by atoms with Gasteiger partial charge in [0.05, 0.1) is 12.1 Å². The Kier molecular flexibility index (Phi) is 2.73. The van der Waals surface area contributed by atoms with Crippen molar-refractivity contribution < 1.29 is 28.2 Å². The molecule has 0 amide bonds. The van der Waals surface area contributed by atoms with E-state index >= 15 is 0 Å². The Morgan fingerprint density at radius 3 is 2.61 bits per heavy atom. The first-order valence-electron chi connectivity index (χ1n) is 5.07. The van der Waals surface area contributed by atoms with Crippen LogP contribution in [-0.2, 0) is 0 Å². The van der Waals surface area contributed by atoms with Gasteiger partial charge in [0.1, 0.15) is 5.75 Å². The molecule has 0 aliphatic carbocycles. The molecule has 1 aliphatic rings. The van der Waals surface area contributed by atoms with Gasteiger partial charge in [0.2, 0.25) is 0 Å². The van der Waals surface area contributed by atoms with Crippen molar-refractivity contribution in [1.29, 1.82) is 0 Å². The van der Waals surface area contributed by atoms with E-state index in [1.54, 1.807) is 6.92 Å². The van der Waals surface area contributed by atoms with Gasteiger partial charge in [-0.3, -0.25) is 0 Å². The predicted octanol–water partition coefficient (Wildman–Crippen LogP) is 2.21. The number of aryl methyl sites for hydroxylation is 1. The highest BCUT2D eigenvalue weighted by atomic mass is 19.4. The van der Waals surface area contributed by atoms with E-state index in [9.17, 15) is 18.3 Å². The van der Waals surface area contributed by atoms with Crippen molar-refractivity contribution in [2.24, 2.45) is 5.16 Å². The Balaban J connectivity index is 2.54. The van der Waals surface area contributed by atoms with Crippen LogP contribution in [0.2, 0.25) is 0 Å². The van der Waals surface area contributed by atoms with Crippen LogP contribution in [0.25, 0.3) is 0 Å². The molecule has 2 rings (SSSR count). The summed E-state index contributed by atoms with van der Waals surface area (Å²) in [7, 11) is 0. The van der Waals surface area contributed by atoms with Gasteiger partial charge in [-0.25, -0.2) is 0 Å². The number of nitrogens with zero attached hydrogens (tertiary/aromatic N) is 1. The molecule has 1 aromatic carbocycles. The van der Waals surface area contributed by atoms with Crippen LogP contribution in [0.1, 0.15) is 17.5 Å². The largest absolute Gasteiger partial charge is 0.455 e. The number of alkyl halides is 3. The van der Waals surface area contributed by atoms with Crippen LogP contribution in [0.3, 0.4) is 0 Å². The summed E-state index contributed by atoms with van der Waals surface area (Å²) in [4.78, 5) is 0. The van der Waals surface area contributed by atoms with Crippen LogP contribution in [0.15, 0.2) is 23.4 Å². The number of hydrogen-bond acceptors (Lipinski definition) is 4. The minimum Gasteiger partial charge on any atom is -0.452 e. The maximum absolute atomic E-state index is 12.7. The third kappa shape index (κ3) is 1.90. The minimum absolute atomic E-state index is 0.167. The van der Waals surface area contributed by atoms with E-state index in [1.165, 1.54) is 18.2 Å². The number of ether oxygens (including phenoxy) is 1. The van der Waals surface area contributed by atoms with Crippen LogP contribution in [0.5, 0.6) is 5.75 Å². The second-order valence-electron chi connectivity index (χ2n) is 4.11. The van der Waals surface area contributed by atoms with E-state index < -0.39 is 18.4 Å². The molecular formula is C11H10F3NO3. The lowest BCUT2D eigenvalue weighted by Crippen LogP contribution is -2.54. The van der Waals surface area contributed by atoms with Gasteiger partial charge < -0.3 is 15.1 Å². The van der Waals surface area contributed by atoms with Gasteiger partial charge in [-0.2, -0.15) is 13.2 Å². The van der Waals surface area contributed by atoms with Crippen LogP contribution in [0.4, 0.5) is 13.2 Å². The zero-order valence-electron chi connectivity index (χ0n) is 9.32. The van der Waals surface area contributed by atoms with Crippen molar-refractivity contribution in [2.45, 2.75) is 25.3 Å². The van der Waals surface area contributed by atoms with E-state index in [2.05, 4.69) is 9.89 Å².